The Hall–Kier alpha value is -2.28. The van der Waals surface area contributed by atoms with Gasteiger partial charge in [0.2, 0.25) is 5.91 Å². The third kappa shape index (κ3) is 7.86. The molecule has 0 bridgehead atoms. The molecule has 1 aliphatic carbocycles. The van der Waals surface area contributed by atoms with Gasteiger partial charge in [-0.3, -0.25) is 4.79 Å². The average Bonchev–Trinajstić information content (AvgIpc) is 2.86. The van der Waals surface area contributed by atoms with Crippen LogP contribution in [0.4, 0.5) is 0 Å². The van der Waals surface area contributed by atoms with Crippen LogP contribution in [0.25, 0.3) is 0 Å². The van der Waals surface area contributed by atoms with Crippen molar-refractivity contribution in [1.29, 1.82) is 0 Å². The number of piperazine rings is 1. The van der Waals surface area contributed by atoms with Crippen molar-refractivity contribution in [2.75, 3.05) is 13.1 Å². The molecule has 0 radical (unpaired) electrons. The van der Waals surface area contributed by atoms with Crippen LogP contribution in [0.1, 0.15) is 75.0 Å². The van der Waals surface area contributed by atoms with Gasteiger partial charge in [-0.2, -0.15) is 0 Å². The molecule has 2 aliphatic rings. The standard InChI is InChI=1S/C29H39Cl2N5O/c1-19-17-36(18-20(2)34-19)29(35-24-6-4-3-5-7-24)33-16-21-8-10-22(11-9-21)26(15-28(32)37)25-13-12-23(30)14-27(25)31/h8-14,19-20,24,26,34H,3-7,15-18H2,1-2H3,(H2,32,37)(H,33,35). The molecule has 0 spiro atoms. The molecule has 1 saturated carbocycles. The monoisotopic (exact) mass is 543 g/mol. The van der Waals surface area contributed by atoms with Crippen LogP contribution in [0.5, 0.6) is 0 Å². The van der Waals surface area contributed by atoms with E-state index in [9.17, 15) is 4.79 Å². The lowest BCUT2D eigenvalue weighted by Crippen LogP contribution is -2.59. The number of halogens is 2. The zero-order valence-corrected chi connectivity index (χ0v) is 23.4. The van der Waals surface area contributed by atoms with Gasteiger partial charge in [0.1, 0.15) is 0 Å². The molecule has 2 aromatic carbocycles. The van der Waals surface area contributed by atoms with Crippen molar-refractivity contribution in [3.63, 3.8) is 0 Å². The lowest BCUT2D eigenvalue weighted by molar-refractivity contribution is -0.118. The van der Waals surface area contributed by atoms with Crippen LogP contribution in [-0.2, 0) is 11.3 Å². The Morgan fingerprint density at radius 1 is 1.08 bits per heavy atom. The largest absolute Gasteiger partial charge is 0.370 e. The quantitative estimate of drug-likeness (QED) is 0.319. The first-order valence-corrected chi connectivity index (χ1v) is 14.2. The zero-order valence-electron chi connectivity index (χ0n) is 21.9. The SMILES string of the molecule is CC1CN(C(=NCc2ccc(C(CC(N)=O)c3ccc(Cl)cc3Cl)cc2)NC2CCCCC2)CC(C)N1. The van der Waals surface area contributed by atoms with E-state index in [1.54, 1.807) is 12.1 Å². The molecule has 1 amide bonds. The number of rotatable bonds is 7. The van der Waals surface area contributed by atoms with Crippen molar-refractivity contribution >= 4 is 35.1 Å². The second-order valence-corrected chi connectivity index (χ2v) is 11.5. The lowest BCUT2D eigenvalue weighted by Gasteiger charge is -2.39. The Morgan fingerprint density at radius 3 is 2.38 bits per heavy atom. The van der Waals surface area contributed by atoms with Crippen molar-refractivity contribution < 1.29 is 4.79 Å². The van der Waals surface area contributed by atoms with E-state index >= 15 is 0 Å². The molecule has 2 fully saturated rings. The first-order valence-electron chi connectivity index (χ1n) is 13.4. The molecule has 0 aromatic heterocycles. The fourth-order valence-corrected chi connectivity index (χ4v) is 6.12. The molecule has 3 atom stereocenters. The minimum atomic E-state index is -0.373. The van der Waals surface area contributed by atoms with Crippen molar-refractivity contribution in [2.24, 2.45) is 10.7 Å². The maximum atomic E-state index is 11.9. The van der Waals surface area contributed by atoms with Crippen molar-refractivity contribution in [3.05, 3.63) is 69.2 Å². The van der Waals surface area contributed by atoms with E-state index in [-0.39, 0.29) is 18.2 Å². The van der Waals surface area contributed by atoms with Crippen LogP contribution in [0, 0.1) is 0 Å². The highest BCUT2D eigenvalue weighted by Gasteiger charge is 2.26. The summed E-state index contributed by atoms with van der Waals surface area (Å²) in [5, 5.41) is 8.50. The van der Waals surface area contributed by atoms with Crippen molar-refractivity contribution in [1.82, 2.24) is 15.5 Å². The number of hydrogen-bond acceptors (Lipinski definition) is 3. The molecule has 4 rings (SSSR count). The third-order valence-electron chi connectivity index (χ3n) is 7.33. The summed E-state index contributed by atoms with van der Waals surface area (Å²) < 4.78 is 0. The first kappa shape index (κ1) is 27.7. The number of carbonyl (C=O) groups is 1. The summed E-state index contributed by atoms with van der Waals surface area (Å²) in [6.07, 6.45) is 6.49. The normalized spacial score (nSPS) is 22.1. The molecule has 200 valence electrons. The van der Waals surface area contributed by atoms with Crippen LogP contribution in [0.3, 0.4) is 0 Å². The Balaban J connectivity index is 1.53. The molecular formula is C29H39Cl2N5O. The summed E-state index contributed by atoms with van der Waals surface area (Å²) in [5.41, 5.74) is 8.53. The van der Waals surface area contributed by atoms with Gasteiger partial charge in [-0.25, -0.2) is 4.99 Å². The van der Waals surface area contributed by atoms with E-state index in [1.807, 2.05) is 18.2 Å². The molecule has 6 nitrogen and oxygen atoms in total. The summed E-state index contributed by atoms with van der Waals surface area (Å²) in [5.74, 6) is 0.408. The van der Waals surface area contributed by atoms with Gasteiger partial charge in [-0.15, -0.1) is 0 Å². The van der Waals surface area contributed by atoms with Crippen LogP contribution in [0.15, 0.2) is 47.5 Å². The number of carbonyl (C=O) groups excluding carboxylic acids is 1. The van der Waals surface area contributed by atoms with E-state index in [2.05, 4.69) is 41.5 Å². The maximum absolute atomic E-state index is 11.9. The molecule has 3 unspecified atom stereocenters. The molecule has 37 heavy (non-hydrogen) atoms. The fourth-order valence-electron chi connectivity index (χ4n) is 5.58. The second kappa shape index (κ2) is 13.0. The highest BCUT2D eigenvalue weighted by Crippen LogP contribution is 2.34. The number of primary amides is 1. The van der Waals surface area contributed by atoms with E-state index in [0.717, 1.165) is 35.7 Å². The Morgan fingerprint density at radius 2 is 1.76 bits per heavy atom. The van der Waals surface area contributed by atoms with Gasteiger partial charge in [-0.05, 0) is 55.5 Å². The summed E-state index contributed by atoms with van der Waals surface area (Å²) in [6, 6.07) is 15.0. The van der Waals surface area contributed by atoms with Crippen LogP contribution >= 0.6 is 23.2 Å². The van der Waals surface area contributed by atoms with Gasteiger partial charge in [0.25, 0.3) is 0 Å². The summed E-state index contributed by atoms with van der Waals surface area (Å²) in [7, 11) is 0. The number of nitrogens with two attached hydrogens (primary N) is 1. The van der Waals surface area contributed by atoms with Gasteiger partial charge >= 0.3 is 0 Å². The molecule has 8 heteroatoms. The van der Waals surface area contributed by atoms with Crippen LogP contribution < -0.4 is 16.4 Å². The fraction of sp³-hybridized carbons (Fsp3) is 0.517. The minimum Gasteiger partial charge on any atom is -0.370 e. The zero-order chi connectivity index (χ0) is 26.4. The van der Waals surface area contributed by atoms with Crippen molar-refractivity contribution in [3.8, 4) is 0 Å². The average molecular weight is 545 g/mol. The number of hydrogen-bond donors (Lipinski definition) is 3. The Kier molecular flexibility index (Phi) is 9.74. The van der Waals surface area contributed by atoms with Crippen LogP contribution in [-0.4, -0.2) is 48.0 Å². The lowest BCUT2D eigenvalue weighted by atomic mass is 9.88. The second-order valence-electron chi connectivity index (χ2n) is 10.6. The number of benzene rings is 2. The summed E-state index contributed by atoms with van der Waals surface area (Å²) in [6.45, 7) is 6.94. The van der Waals surface area contributed by atoms with E-state index in [4.69, 9.17) is 33.9 Å². The highest BCUT2D eigenvalue weighted by atomic mass is 35.5. The predicted octanol–water partition coefficient (Wildman–Crippen LogP) is 5.46. The molecule has 1 saturated heterocycles. The van der Waals surface area contributed by atoms with Crippen molar-refractivity contribution in [2.45, 2.75) is 83.0 Å². The van der Waals surface area contributed by atoms with E-state index < -0.39 is 0 Å². The number of guanidine groups is 1. The van der Waals surface area contributed by atoms with Gasteiger partial charge in [0.05, 0.1) is 6.54 Å². The number of amides is 1. The highest BCUT2D eigenvalue weighted by molar-refractivity contribution is 6.35. The number of nitrogens with zero attached hydrogens (tertiary/aromatic N) is 2. The number of aliphatic imine (C=N–C) groups is 1. The maximum Gasteiger partial charge on any atom is 0.218 e. The molecule has 2 aromatic rings. The van der Waals surface area contributed by atoms with Gasteiger partial charge in [0.15, 0.2) is 5.96 Å². The van der Waals surface area contributed by atoms with Gasteiger partial charge in [0, 0.05) is 53.6 Å². The minimum absolute atomic E-state index is 0.174. The van der Waals surface area contributed by atoms with Gasteiger partial charge in [-0.1, -0.05) is 72.8 Å². The summed E-state index contributed by atoms with van der Waals surface area (Å²) >= 11 is 12.6. The van der Waals surface area contributed by atoms with E-state index in [1.165, 1.54) is 32.1 Å². The predicted molar refractivity (Wildman–Crippen MR) is 153 cm³/mol. The topological polar surface area (TPSA) is 82.8 Å². The molecular weight excluding hydrogens is 505 g/mol. The molecule has 4 N–H and O–H groups in total. The first-order chi connectivity index (χ1) is 17.8. The Bertz CT molecular complexity index is 1070. The molecule has 1 aliphatic heterocycles. The third-order valence-corrected chi connectivity index (χ3v) is 7.89. The molecule has 1 heterocycles. The smallest absolute Gasteiger partial charge is 0.218 e. The van der Waals surface area contributed by atoms with E-state index in [0.29, 0.717) is 34.7 Å². The van der Waals surface area contributed by atoms with Gasteiger partial charge < -0.3 is 21.3 Å². The van der Waals surface area contributed by atoms with Crippen LogP contribution in [0.2, 0.25) is 10.0 Å². The number of nitrogens with one attached hydrogen (secondary N) is 2. The summed E-state index contributed by atoms with van der Waals surface area (Å²) in [4.78, 5) is 19.3. The Labute approximate surface area is 231 Å².